The van der Waals surface area contributed by atoms with Crippen molar-refractivity contribution in [3.8, 4) is 0 Å². The fraction of sp³-hybridized carbons (Fsp3) is 0.846. The van der Waals surface area contributed by atoms with Gasteiger partial charge in [-0.1, -0.05) is 13.8 Å². The third kappa shape index (κ3) is 7.12. The predicted octanol–water partition coefficient (Wildman–Crippen LogP) is 0.139. The zero-order valence-corrected chi connectivity index (χ0v) is 11.9. The van der Waals surface area contributed by atoms with Crippen molar-refractivity contribution in [2.75, 3.05) is 32.7 Å². The van der Waals surface area contributed by atoms with Gasteiger partial charge in [-0.05, 0) is 44.3 Å². The number of carbonyl (C=O) groups excluding carboxylic acids is 2. The molecule has 1 aliphatic rings. The number of piperidine rings is 1. The van der Waals surface area contributed by atoms with Crippen molar-refractivity contribution in [1.82, 2.24) is 15.5 Å². The number of primary amides is 1. The Morgan fingerprint density at radius 1 is 1.42 bits per heavy atom. The normalized spacial score (nSPS) is 20.5. The van der Waals surface area contributed by atoms with E-state index in [2.05, 4.69) is 29.4 Å². The standard InChI is InChI=1S/C13H26N4O2/c1-10(2)6-15-7-11-4-3-5-17(8-11)9-12(18)16-13(14)19/h10-11,15H,3-9H2,1-2H3,(H3,14,16,18,19). The smallest absolute Gasteiger partial charge is 0.318 e. The summed E-state index contributed by atoms with van der Waals surface area (Å²) in [7, 11) is 0. The number of nitrogens with zero attached hydrogens (tertiary/aromatic N) is 1. The Morgan fingerprint density at radius 3 is 2.79 bits per heavy atom. The predicted molar refractivity (Wildman–Crippen MR) is 74.6 cm³/mol. The van der Waals surface area contributed by atoms with Crippen molar-refractivity contribution in [3.63, 3.8) is 0 Å². The van der Waals surface area contributed by atoms with E-state index in [0.29, 0.717) is 11.8 Å². The molecule has 0 saturated carbocycles. The van der Waals surface area contributed by atoms with Crippen LogP contribution < -0.4 is 16.4 Å². The zero-order chi connectivity index (χ0) is 14.3. The topological polar surface area (TPSA) is 87.5 Å². The minimum absolute atomic E-state index is 0.254. The zero-order valence-electron chi connectivity index (χ0n) is 11.9. The van der Waals surface area contributed by atoms with Gasteiger partial charge in [0.15, 0.2) is 0 Å². The van der Waals surface area contributed by atoms with Crippen LogP contribution >= 0.6 is 0 Å². The largest absolute Gasteiger partial charge is 0.351 e. The number of likely N-dealkylation sites (tertiary alicyclic amines) is 1. The molecule has 0 bridgehead atoms. The Hall–Kier alpha value is -1.14. The highest BCUT2D eigenvalue weighted by Gasteiger charge is 2.21. The van der Waals surface area contributed by atoms with Crippen molar-refractivity contribution >= 4 is 11.9 Å². The summed E-state index contributed by atoms with van der Waals surface area (Å²) in [6, 6.07) is -0.780. The van der Waals surface area contributed by atoms with Gasteiger partial charge in [-0.15, -0.1) is 0 Å². The van der Waals surface area contributed by atoms with E-state index < -0.39 is 6.03 Å². The fourth-order valence-corrected chi connectivity index (χ4v) is 2.42. The lowest BCUT2D eigenvalue weighted by Crippen LogP contribution is -2.46. The molecule has 0 aromatic carbocycles. The number of nitrogens with one attached hydrogen (secondary N) is 2. The second-order valence-corrected chi connectivity index (χ2v) is 5.71. The van der Waals surface area contributed by atoms with Gasteiger partial charge in [0.05, 0.1) is 6.54 Å². The monoisotopic (exact) mass is 270 g/mol. The number of nitrogens with two attached hydrogens (primary N) is 1. The van der Waals surface area contributed by atoms with Gasteiger partial charge in [0, 0.05) is 6.54 Å². The van der Waals surface area contributed by atoms with E-state index in [4.69, 9.17) is 5.73 Å². The molecule has 1 heterocycles. The van der Waals surface area contributed by atoms with E-state index in [1.165, 1.54) is 6.42 Å². The molecule has 1 saturated heterocycles. The number of urea groups is 1. The van der Waals surface area contributed by atoms with Crippen LogP contribution in [0, 0.1) is 11.8 Å². The summed E-state index contributed by atoms with van der Waals surface area (Å²) in [6.45, 7) is 8.46. The number of imide groups is 1. The average Bonchev–Trinajstić information content (AvgIpc) is 2.27. The highest BCUT2D eigenvalue weighted by Crippen LogP contribution is 2.15. The van der Waals surface area contributed by atoms with Gasteiger partial charge in [-0.2, -0.15) is 0 Å². The molecule has 0 aliphatic carbocycles. The Balaban J connectivity index is 2.25. The van der Waals surface area contributed by atoms with Crippen LogP contribution in [0.4, 0.5) is 4.79 Å². The Kier molecular flexibility index (Phi) is 6.80. The number of rotatable bonds is 6. The minimum Gasteiger partial charge on any atom is -0.351 e. The molecule has 3 amide bonds. The van der Waals surface area contributed by atoms with Gasteiger partial charge >= 0.3 is 6.03 Å². The maximum absolute atomic E-state index is 11.5. The molecule has 0 aromatic heterocycles. The van der Waals surface area contributed by atoms with Crippen molar-refractivity contribution in [1.29, 1.82) is 0 Å². The van der Waals surface area contributed by atoms with Gasteiger partial charge in [0.1, 0.15) is 0 Å². The van der Waals surface area contributed by atoms with E-state index in [9.17, 15) is 9.59 Å². The van der Waals surface area contributed by atoms with Crippen LogP contribution in [0.3, 0.4) is 0 Å². The summed E-state index contributed by atoms with van der Waals surface area (Å²) in [5.41, 5.74) is 4.92. The van der Waals surface area contributed by atoms with E-state index in [1.54, 1.807) is 0 Å². The molecule has 19 heavy (non-hydrogen) atoms. The highest BCUT2D eigenvalue weighted by atomic mass is 16.2. The van der Waals surface area contributed by atoms with Crippen LogP contribution in [0.15, 0.2) is 0 Å². The lowest BCUT2D eigenvalue weighted by molar-refractivity contribution is -0.121. The van der Waals surface area contributed by atoms with Crippen LogP contribution in [0.1, 0.15) is 26.7 Å². The van der Waals surface area contributed by atoms with E-state index in [-0.39, 0.29) is 12.5 Å². The van der Waals surface area contributed by atoms with Crippen molar-refractivity contribution in [2.24, 2.45) is 17.6 Å². The van der Waals surface area contributed by atoms with Crippen molar-refractivity contribution in [2.45, 2.75) is 26.7 Å². The first kappa shape index (κ1) is 15.9. The maximum Gasteiger partial charge on any atom is 0.318 e. The van der Waals surface area contributed by atoms with Gasteiger partial charge in [-0.3, -0.25) is 15.0 Å². The summed E-state index contributed by atoms with van der Waals surface area (Å²) >= 11 is 0. The Morgan fingerprint density at radius 2 is 2.16 bits per heavy atom. The quantitative estimate of drug-likeness (QED) is 0.640. The molecule has 110 valence electrons. The van der Waals surface area contributed by atoms with Crippen LogP contribution in [0.5, 0.6) is 0 Å². The molecule has 0 spiro atoms. The van der Waals surface area contributed by atoms with E-state index in [1.807, 2.05) is 0 Å². The molecule has 1 unspecified atom stereocenters. The molecule has 0 radical (unpaired) electrons. The summed E-state index contributed by atoms with van der Waals surface area (Å²) in [4.78, 5) is 24.1. The van der Waals surface area contributed by atoms with Crippen molar-refractivity contribution < 1.29 is 9.59 Å². The molecule has 4 N–H and O–H groups in total. The number of carbonyl (C=O) groups is 2. The van der Waals surface area contributed by atoms with Crippen LogP contribution in [0.25, 0.3) is 0 Å². The number of amides is 3. The van der Waals surface area contributed by atoms with Crippen LogP contribution in [-0.2, 0) is 4.79 Å². The molecule has 6 nitrogen and oxygen atoms in total. The second kappa shape index (κ2) is 8.12. The first-order valence-corrected chi connectivity index (χ1v) is 6.99. The first-order chi connectivity index (χ1) is 8.97. The lowest BCUT2D eigenvalue weighted by atomic mass is 9.98. The lowest BCUT2D eigenvalue weighted by Gasteiger charge is -2.32. The molecule has 1 atom stereocenters. The van der Waals surface area contributed by atoms with Gasteiger partial charge in [0.25, 0.3) is 0 Å². The highest BCUT2D eigenvalue weighted by molar-refractivity contribution is 5.94. The minimum atomic E-state index is -0.780. The third-order valence-electron chi connectivity index (χ3n) is 3.22. The fourth-order valence-electron chi connectivity index (χ4n) is 2.42. The summed E-state index contributed by atoms with van der Waals surface area (Å²) in [6.07, 6.45) is 2.29. The van der Waals surface area contributed by atoms with Gasteiger partial charge in [0.2, 0.25) is 5.91 Å². The van der Waals surface area contributed by atoms with Crippen LogP contribution in [0.2, 0.25) is 0 Å². The second-order valence-electron chi connectivity index (χ2n) is 5.71. The Bertz CT molecular complexity index is 307. The summed E-state index contributed by atoms with van der Waals surface area (Å²) in [5, 5.41) is 5.56. The molecule has 1 aliphatic heterocycles. The first-order valence-electron chi connectivity index (χ1n) is 6.99. The maximum atomic E-state index is 11.5. The average molecular weight is 270 g/mol. The van der Waals surface area contributed by atoms with E-state index >= 15 is 0 Å². The molecular weight excluding hydrogens is 244 g/mol. The van der Waals surface area contributed by atoms with E-state index in [0.717, 1.165) is 32.6 Å². The summed E-state index contributed by atoms with van der Waals surface area (Å²) in [5.74, 6) is 0.915. The summed E-state index contributed by atoms with van der Waals surface area (Å²) < 4.78 is 0. The number of hydrogen-bond donors (Lipinski definition) is 3. The number of hydrogen-bond acceptors (Lipinski definition) is 4. The SMILES string of the molecule is CC(C)CNCC1CCCN(CC(=O)NC(N)=O)C1. The van der Waals surface area contributed by atoms with Gasteiger partial charge < -0.3 is 11.1 Å². The van der Waals surface area contributed by atoms with Crippen molar-refractivity contribution in [3.05, 3.63) is 0 Å². The molecule has 1 rings (SSSR count). The third-order valence-corrected chi connectivity index (χ3v) is 3.22. The molecule has 6 heteroatoms. The molecule has 1 fully saturated rings. The molecular formula is C13H26N4O2. The molecule has 0 aromatic rings. The Labute approximate surface area is 115 Å². The van der Waals surface area contributed by atoms with Crippen LogP contribution in [-0.4, -0.2) is 49.6 Å². The van der Waals surface area contributed by atoms with Gasteiger partial charge in [-0.25, -0.2) is 4.79 Å².